The lowest BCUT2D eigenvalue weighted by Crippen LogP contribution is -2.34. The van der Waals surface area contributed by atoms with Gasteiger partial charge in [0, 0.05) is 0 Å². The zero-order valence-electron chi connectivity index (χ0n) is 7.59. The van der Waals surface area contributed by atoms with Crippen LogP contribution in [0.2, 0.25) is 0 Å². The summed E-state index contributed by atoms with van der Waals surface area (Å²) in [6.45, 7) is 1.77. The monoisotopic (exact) mass is 328 g/mol. The minimum Gasteiger partial charge on any atom is -0.465 e. The van der Waals surface area contributed by atoms with Crippen molar-refractivity contribution in [3.63, 3.8) is 0 Å². The lowest BCUT2D eigenvalue weighted by Gasteiger charge is -2.10. The van der Waals surface area contributed by atoms with Gasteiger partial charge in [-0.1, -0.05) is 31.9 Å². The van der Waals surface area contributed by atoms with Gasteiger partial charge in [-0.2, -0.15) is 0 Å². The maximum atomic E-state index is 11.2. The van der Waals surface area contributed by atoms with Gasteiger partial charge in [-0.25, -0.2) is 0 Å². The molecule has 0 heterocycles. The molecular formula is C8H10Br2O4. The van der Waals surface area contributed by atoms with Crippen LogP contribution in [0.25, 0.3) is 0 Å². The van der Waals surface area contributed by atoms with Crippen molar-refractivity contribution in [3.05, 3.63) is 0 Å². The molecule has 0 fully saturated rings. The Hall–Kier alpha value is -0.230. The Morgan fingerprint density at radius 1 is 1.14 bits per heavy atom. The first kappa shape index (κ1) is 13.8. The van der Waals surface area contributed by atoms with Gasteiger partial charge in [-0.3, -0.25) is 14.4 Å². The van der Waals surface area contributed by atoms with E-state index >= 15 is 0 Å². The molecular weight excluding hydrogens is 320 g/mol. The molecule has 6 heteroatoms. The Balaban J connectivity index is 4.63. The van der Waals surface area contributed by atoms with Crippen LogP contribution < -0.4 is 0 Å². The van der Waals surface area contributed by atoms with Gasteiger partial charge in [0.15, 0.2) is 17.5 Å². The number of hydrogen-bond acceptors (Lipinski definition) is 4. The van der Waals surface area contributed by atoms with E-state index in [1.807, 2.05) is 0 Å². The Bertz CT molecular complexity index is 223. The number of carbonyl (C=O) groups is 3. The summed E-state index contributed by atoms with van der Waals surface area (Å²) in [4.78, 5) is 33.7. The summed E-state index contributed by atoms with van der Waals surface area (Å²) in [5.41, 5.74) is 0. The normalized spacial score (nSPS) is 10.0. The third kappa shape index (κ3) is 3.88. The molecule has 0 saturated carbocycles. The summed E-state index contributed by atoms with van der Waals surface area (Å²) >= 11 is 5.81. The van der Waals surface area contributed by atoms with Gasteiger partial charge in [0.25, 0.3) is 0 Å². The van der Waals surface area contributed by atoms with E-state index in [1.54, 1.807) is 6.92 Å². The van der Waals surface area contributed by atoms with Crippen molar-refractivity contribution in [3.8, 4) is 0 Å². The van der Waals surface area contributed by atoms with Crippen LogP contribution in [0.4, 0.5) is 0 Å². The summed E-state index contributed by atoms with van der Waals surface area (Å²) in [5, 5.41) is -0.0650. The number of esters is 1. The Labute approximate surface area is 98.6 Å². The summed E-state index contributed by atoms with van der Waals surface area (Å²) in [7, 11) is 0. The molecule has 14 heavy (non-hydrogen) atoms. The molecule has 0 bridgehead atoms. The van der Waals surface area contributed by atoms with E-state index in [0.717, 1.165) is 0 Å². The Morgan fingerprint density at radius 3 is 1.86 bits per heavy atom. The van der Waals surface area contributed by atoms with E-state index in [2.05, 4.69) is 36.6 Å². The summed E-state index contributed by atoms with van der Waals surface area (Å²) in [6, 6.07) is 0. The van der Waals surface area contributed by atoms with E-state index < -0.39 is 23.5 Å². The van der Waals surface area contributed by atoms with Crippen molar-refractivity contribution < 1.29 is 19.1 Å². The van der Waals surface area contributed by atoms with Crippen LogP contribution in [0.15, 0.2) is 0 Å². The van der Waals surface area contributed by atoms with Crippen LogP contribution in [0, 0.1) is 5.92 Å². The quantitative estimate of drug-likeness (QED) is 0.416. The average molecular weight is 330 g/mol. The summed E-state index contributed by atoms with van der Waals surface area (Å²) in [6.07, 6.45) is 0. The number of carbonyl (C=O) groups excluding carboxylic acids is 3. The number of ketones is 2. The molecule has 0 aliphatic heterocycles. The molecule has 0 aromatic heterocycles. The number of rotatable bonds is 6. The fraction of sp³-hybridized carbons (Fsp3) is 0.625. The highest BCUT2D eigenvalue weighted by Gasteiger charge is 2.33. The molecule has 0 atom stereocenters. The van der Waals surface area contributed by atoms with Crippen molar-refractivity contribution in [1.82, 2.24) is 0 Å². The van der Waals surface area contributed by atoms with Gasteiger partial charge >= 0.3 is 5.97 Å². The predicted octanol–water partition coefficient (Wildman–Crippen LogP) is 1.09. The zero-order valence-corrected chi connectivity index (χ0v) is 10.8. The number of alkyl halides is 2. The number of ether oxygens (including phenoxy) is 1. The lowest BCUT2D eigenvalue weighted by molar-refractivity contribution is -0.153. The molecule has 0 N–H and O–H groups in total. The molecule has 4 nitrogen and oxygen atoms in total. The second-order valence-electron chi connectivity index (χ2n) is 2.38. The second-order valence-corrected chi connectivity index (χ2v) is 3.51. The fourth-order valence-corrected chi connectivity index (χ4v) is 1.47. The molecule has 0 aromatic rings. The zero-order chi connectivity index (χ0) is 11.1. The van der Waals surface area contributed by atoms with Crippen molar-refractivity contribution in [2.75, 3.05) is 17.3 Å². The number of Topliss-reactive ketones (excluding diaryl/α,β-unsaturated/α-hetero) is 2. The van der Waals surface area contributed by atoms with E-state index in [0.29, 0.717) is 0 Å². The number of halogens is 2. The van der Waals surface area contributed by atoms with Crippen LogP contribution in [-0.4, -0.2) is 34.8 Å². The molecule has 0 amide bonds. The highest BCUT2D eigenvalue weighted by molar-refractivity contribution is 9.09. The minimum atomic E-state index is -1.30. The maximum absolute atomic E-state index is 11.2. The van der Waals surface area contributed by atoms with Crippen molar-refractivity contribution >= 4 is 49.4 Å². The van der Waals surface area contributed by atoms with Crippen LogP contribution in [0.5, 0.6) is 0 Å². The largest absolute Gasteiger partial charge is 0.465 e. The Kier molecular flexibility index (Phi) is 7.00. The minimum absolute atomic E-state index is 0.0325. The van der Waals surface area contributed by atoms with E-state index in [-0.39, 0.29) is 17.3 Å². The van der Waals surface area contributed by atoms with E-state index in [9.17, 15) is 14.4 Å². The molecule has 80 valence electrons. The number of hydrogen-bond donors (Lipinski definition) is 0. The first-order chi connectivity index (χ1) is 6.58. The highest BCUT2D eigenvalue weighted by atomic mass is 79.9. The van der Waals surface area contributed by atoms with Crippen LogP contribution in [-0.2, 0) is 19.1 Å². The van der Waals surface area contributed by atoms with Crippen LogP contribution >= 0.6 is 31.9 Å². The van der Waals surface area contributed by atoms with Gasteiger partial charge < -0.3 is 4.74 Å². The van der Waals surface area contributed by atoms with Gasteiger partial charge in [-0.15, -0.1) is 0 Å². The molecule has 0 aliphatic carbocycles. The van der Waals surface area contributed by atoms with Gasteiger partial charge in [0.05, 0.1) is 17.3 Å². The van der Waals surface area contributed by atoms with E-state index in [1.165, 1.54) is 0 Å². The van der Waals surface area contributed by atoms with Crippen LogP contribution in [0.1, 0.15) is 6.92 Å². The maximum Gasteiger partial charge on any atom is 0.324 e. The van der Waals surface area contributed by atoms with Gasteiger partial charge in [0.2, 0.25) is 0 Å². The summed E-state index contributed by atoms with van der Waals surface area (Å²) in [5.74, 6) is -3.03. The third-order valence-corrected chi connectivity index (χ3v) is 2.53. The van der Waals surface area contributed by atoms with Gasteiger partial charge in [0.1, 0.15) is 0 Å². The molecule has 0 aromatic carbocycles. The molecule has 0 saturated heterocycles. The average Bonchev–Trinajstić information content (AvgIpc) is 2.17. The first-order valence-electron chi connectivity index (χ1n) is 3.92. The lowest BCUT2D eigenvalue weighted by atomic mass is 10.0. The molecule has 0 radical (unpaired) electrons. The molecule has 0 aliphatic rings. The van der Waals surface area contributed by atoms with Gasteiger partial charge in [-0.05, 0) is 6.92 Å². The molecule has 0 spiro atoms. The predicted molar refractivity (Wildman–Crippen MR) is 57.7 cm³/mol. The standard InChI is InChI=1S/C8H10Br2O4/c1-2-14-8(13)7(5(11)3-9)6(12)4-10/h7H,2-4H2,1H3. The topological polar surface area (TPSA) is 60.4 Å². The van der Waals surface area contributed by atoms with Crippen molar-refractivity contribution in [1.29, 1.82) is 0 Å². The van der Waals surface area contributed by atoms with E-state index in [4.69, 9.17) is 0 Å². The third-order valence-electron chi connectivity index (χ3n) is 1.43. The van der Waals surface area contributed by atoms with Crippen LogP contribution in [0.3, 0.4) is 0 Å². The Morgan fingerprint density at radius 2 is 1.57 bits per heavy atom. The smallest absolute Gasteiger partial charge is 0.324 e. The highest BCUT2D eigenvalue weighted by Crippen LogP contribution is 2.08. The molecule has 0 unspecified atom stereocenters. The summed E-state index contributed by atoms with van der Waals surface area (Å²) < 4.78 is 4.63. The first-order valence-corrected chi connectivity index (χ1v) is 6.16. The molecule has 0 rings (SSSR count). The SMILES string of the molecule is CCOC(=O)C(C(=O)CBr)C(=O)CBr. The van der Waals surface area contributed by atoms with Crippen molar-refractivity contribution in [2.45, 2.75) is 6.92 Å². The van der Waals surface area contributed by atoms with Crippen molar-refractivity contribution in [2.24, 2.45) is 5.92 Å². The second kappa shape index (κ2) is 7.11. The fourth-order valence-electron chi connectivity index (χ4n) is 0.822.